The van der Waals surface area contributed by atoms with Gasteiger partial charge in [0.2, 0.25) is 0 Å². The first-order valence-corrected chi connectivity index (χ1v) is 9.29. The van der Waals surface area contributed by atoms with E-state index in [-0.39, 0.29) is 5.91 Å². The van der Waals surface area contributed by atoms with Crippen LogP contribution < -0.4 is 10.2 Å². The van der Waals surface area contributed by atoms with Gasteiger partial charge in [-0.15, -0.1) is 0 Å². The van der Waals surface area contributed by atoms with Crippen molar-refractivity contribution >= 4 is 28.4 Å². The molecular weight excluding hydrogens is 338 g/mol. The summed E-state index contributed by atoms with van der Waals surface area (Å²) in [4.78, 5) is 22.3. The van der Waals surface area contributed by atoms with Gasteiger partial charge in [0.1, 0.15) is 11.6 Å². The molecule has 1 N–H and O–H groups in total. The summed E-state index contributed by atoms with van der Waals surface area (Å²) in [6.45, 7) is 6.01. The molecule has 1 fully saturated rings. The number of rotatable bonds is 3. The predicted octanol–water partition coefficient (Wildman–Crippen LogP) is 2.89. The molecule has 4 rings (SSSR count). The summed E-state index contributed by atoms with van der Waals surface area (Å²) in [7, 11) is 4.09. The highest BCUT2D eigenvalue weighted by Crippen LogP contribution is 2.23. The largest absolute Gasteiger partial charge is 0.354 e. The molecule has 0 spiro atoms. The molecule has 1 saturated heterocycles. The molecule has 6 heteroatoms. The van der Waals surface area contributed by atoms with Crippen molar-refractivity contribution in [3.05, 3.63) is 53.7 Å². The molecule has 0 aliphatic carbocycles. The number of nitrogens with one attached hydrogen (secondary N) is 1. The molecule has 3 aromatic rings. The number of fused-ring (bicyclic) bond motifs is 1. The quantitative estimate of drug-likeness (QED) is 0.777. The Morgan fingerprint density at radius 2 is 1.81 bits per heavy atom. The summed E-state index contributed by atoms with van der Waals surface area (Å²) >= 11 is 0. The van der Waals surface area contributed by atoms with E-state index in [1.807, 2.05) is 54.2 Å². The van der Waals surface area contributed by atoms with E-state index in [0.717, 1.165) is 48.5 Å². The van der Waals surface area contributed by atoms with Gasteiger partial charge < -0.3 is 19.7 Å². The minimum absolute atomic E-state index is 0.136. The fourth-order valence-electron chi connectivity index (χ4n) is 3.65. The molecule has 0 bridgehead atoms. The number of amides is 1. The second kappa shape index (κ2) is 7.04. The van der Waals surface area contributed by atoms with Crippen LogP contribution in [0.5, 0.6) is 0 Å². The number of aromatic nitrogens is 2. The number of piperazine rings is 1. The Balaban J connectivity index is 1.60. The lowest BCUT2D eigenvalue weighted by Gasteiger charge is -2.34. The number of aryl methyl sites for hydroxylation is 2. The molecule has 3 heterocycles. The van der Waals surface area contributed by atoms with Gasteiger partial charge in [-0.05, 0) is 37.7 Å². The van der Waals surface area contributed by atoms with Crippen molar-refractivity contribution in [2.75, 3.05) is 43.4 Å². The van der Waals surface area contributed by atoms with Crippen molar-refractivity contribution in [3.63, 3.8) is 0 Å². The van der Waals surface area contributed by atoms with Gasteiger partial charge >= 0.3 is 0 Å². The lowest BCUT2D eigenvalue weighted by Crippen LogP contribution is -2.45. The van der Waals surface area contributed by atoms with Crippen LogP contribution in [-0.2, 0) is 7.05 Å². The Labute approximate surface area is 159 Å². The lowest BCUT2D eigenvalue weighted by atomic mass is 10.1. The van der Waals surface area contributed by atoms with Gasteiger partial charge in [0.25, 0.3) is 5.91 Å². The third kappa shape index (κ3) is 3.40. The van der Waals surface area contributed by atoms with Gasteiger partial charge in [-0.2, -0.15) is 0 Å². The van der Waals surface area contributed by atoms with Crippen molar-refractivity contribution in [1.82, 2.24) is 14.5 Å². The number of hydrogen-bond acceptors (Lipinski definition) is 4. The van der Waals surface area contributed by atoms with Crippen LogP contribution in [0.3, 0.4) is 0 Å². The number of hydrogen-bond donors (Lipinski definition) is 1. The second-order valence-electron chi connectivity index (χ2n) is 7.25. The molecule has 6 nitrogen and oxygen atoms in total. The highest BCUT2D eigenvalue weighted by Gasteiger charge is 2.19. The van der Waals surface area contributed by atoms with Gasteiger partial charge in [-0.25, -0.2) is 4.98 Å². The standard InChI is InChI=1S/C21H25N5O/c1-15-7-8-18(22-20(15)26-13-11-24(2)12-14-26)23-21(27)17-6-4-5-16-9-10-25(3)19(16)17/h4-10H,11-14H2,1-3H3,(H,22,23,27). The van der Waals surface area contributed by atoms with Crippen LogP contribution in [0.15, 0.2) is 42.6 Å². The number of anilines is 2. The molecule has 0 atom stereocenters. The number of benzene rings is 1. The van der Waals surface area contributed by atoms with Crippen molar-refractivity contribution < 1.29 is 4.79 Å². The first-order valence-electron chi connectivity index (χ1n) is 9.29. The SMILES string of the molecule is Cc1ccc(NC(=O)c2cccc3ccn(C)c23)nc1N1CCN(C)CC1. The molecular formula is C21H25N5O. The average molecular weight is 363 g/mol. The predicted molar refractivity (Wildman–Crippen MR) is 110 cm³/mol. The fourth-order valence-corrected chi connectivity index (χ4v) is 3.65. The van der Waals surface area contributed by atoms with Crippen LogP contribution >= 0.6 is 0 Å². The molecule has 1 aliphatic rings. The van der Waals surface area contributed by atoms with Crippen molar-refractivity contribution in [2.45, 2.75) is 6.92 Å². The zero-order valence-electron chi connectivity index (χ0n) is 16.1. The van der Waals surface area contributed by atoms with Crippen LogP contribution in [0.1, 0.15) is 15.9 Å². The number of carbonyl (C=O) groups is 1. The van der Waals surface area contributed by atoms with Crippen LogP contribution in [-0.4, -0.2) is 53.6 Å². The van der Waals surface area contributed by atoms with E-state index in [4.69, 9.17) is 4.98 Å². The number of carbonyl (C=O) groups excluding carboxylic acids is 1. The summed E-state index contributed by atoms with van der Waals surface area (Å²) in [5, 5.41) is 4.04. The Bertz CT molecular complexity index is 985. The van der Waals surface area contributed by atoms with E-state index in [9.17, 15) is 4.79 Å². The van der Waals surface area contributed by atoms with Crippen molar-refractivity contribution in [1.29, 1.82) is 0 Å². The molecule has 1 aliphatic heterocycles. The smallest absolute Gasteiger partial charge is 0.258 e. The van der Waals surface area contributed by atoms with Gasteiger partial charge in [0.05, 0.1) is 11.1 Å². The lowest BCUT2D eigenvalue weighted by molar-refractivity contribution is 0.102. The number of likely N-dealkylation sites (N-methyl/N-ethyl adjacent to an activating group) is 1. The molecule has 27 heavy (non-hydrogen) atoms. The Morgan fingerprint density at radius 3 is 2.59 bits per heavy atom. The Hall–Kier alpha value is -2.86. The molecule has 1 aromatic carbocycles. The third-order valence-electron chi connectivity index (χ3n) is 5.26. The summed E-state index contributed by atoms with van der Waals surface area (Å²) in [5.74, 6) is 1.41. The molecule has 2 aromatic heterocycles. The minimum Gasteiger partial charge on any atom is -0.354 e. The normalized spacial score (nSPS) is 15.3. The fraction of sp³-hybridized carbons (Fsp3) is 0.333. The molecule has 0 radical (unpaired) electrons. The van der Waals surface area contributed by atoms with Gasteiger partial charge in [-0.1, -0.05) is 18.2 Å². The minimum atomic E-state index is -0.136. The van der Waals surface area contributed by atoms with Crippen LogP contribution in [0, 0.1) is 6.92 Å². The van der Waals surface area contributed by atoms with E-state index < -0.39 is 0 Å². The van der Waals surface area contributed by atoms with Gasteiger partial charge in [0, 0.05) is 44.8 Å². The topological polar surface area (TPSA) is 53.4 Å². The number of para-hydroxylation sites is 1. The molecule has 140 valence electrons. The number of pyridine rings is 1. The summed E-state index contributed by atoms with van der Waals surface area (Å²) < 4.78 is 1.97. The maximum atomic E-state index is 12.9. The van der Waals surface area contributed by atoms with Crippen molar-refractivity contribution in [2.24, 2.45) is 7.05 Å². The van der Waals surface area contributed by atoms with Crippen molar-refractivity contribution in [3.8, 4) is 0 Å². The summed E-state index contributed by atoms with van der Waals surface area (Å²) in [5.41, 5.74) is 2.71. The Kier molecular flexibility index (Phi) is 4.58. The van der Waals surface area contributed by atoms with E-state index in [0.29, 0.717) is 11.4 Å². The zero-order chi connectivity index (χ0) is 19.0. The highest BCUT2D eigenvalue weighted by atomic mass is 16.1. The second-order valence-corrected chi connectivity index (χ2v) is 7.25. The third-order valence-corrected chi connectivity index (χ3v) is 5.26. The van der Waals surface area contributed by atoms with Crippen LogP contribution in [0.4, 0.5) is 11.6 Å². The van der Waals surface area contributed by atoms with Crippen LogP contribution in [0.2, 0.25) is 0 Å². The van der Waals surface area contributed by atoms with E-state index in [1.165, 1.54) is 0 Å². The zero-order valence-corrected chi connectivity index (χ0v) is 16.1. The van der Waals surface area contributed by atoms with E-state index >= 15 is 0 Å². The number of nitrogens with zero attached hydrogens (tertiary/aromatic N) is 4. The highest BCUT2D eigenvalue weighted by molar-refractivity contribution is 6.11. The van der Waals surface area contributed by atoms with Gasteiger partial charge in [-0.3, -0.25) is 4.79 Å². The van der Waals surface area contributed by atoms with Crippen LogP contribution in [0.25, 0.3) is 10.9 Å². The summed E-state index contributed by atoms with van der Waals surface area (Å²) in [6, 6.07) is 11.7. The average Bonchev–Trinajstić information content (AvgIpc) is 3.05. The molecule has 0 unspecified atom stereocenters. The molecule has 1 amide bonds. The first-order chi connectivity index (χ1) is 13.0. The van der Waals surface area contributed by atoms with E-state index in [2.05, 4.69) is 29.1 Å². The maximum absolute atomic E-state index is 12.9. The maximum Gasteiger partial charge on any atom is 0.258 e. The summed E-state index contributed by atoms with van der Waals surface area (Å²) in [6.07, 6.45) is 1.97. The molecule has 0 saturated carbocycles. The monoisotopic (exact) mass is 363 g/mol. The van der Waals surface area contributed by atoms with E-state index in [1.54, 1.807) is 0 Å². The first kappa shape index (κ1) is 17.5. The Morgan fingerprint density at radius 1 is 1.04 bits per heavy atom. The van der Waals surface area contributed by atoms with Gasteiger partial charge in [0.15, 0.2) is 0 Å².